The molecule has 0 atom stereocenters. The first-order chi connectivity index (χ1) is 16.9. The van der Waals surface area contributed by atoms with Crippen LogP contribution >= 0.6 is 0 Å². The molecule has 0 bridgehead atoms. The molecule has 0 aliphatic carbocycles. The summed E-state index contributed by atoms with van der Waals surface area (Å²) in [6.45, 7) is 3.62. The van der Waals surface area contributed by atoms with Gasteiger partial charge in [0.25, 0.3) is 5.56 Å². The highest BCUT2D eigenvalue weighted by molar-refractivity contribution is 5.82. The number of nitriles is 1. The summed E-state index contributed by atoms with van der Waals surface area (Å²) in [5, 5.41) is 13.7. The average Bonchev–Trinajstić information content (AvgIpc) is 3.36. The molecular weight excluding hydrogens is 447 g/mol. The van der Waals surface area contributed by atoms with E-state index in [2.05, 4.69) is 31.9 Å². The fourth-order valence-corrected chi connectivity index (χ4v) is 4.14. The van der Waals surface area contributed by atoms with Gasteiger partial charge in [-0.25, -0.2) is 19.0 Å². The molecule has 0 amide bonds. The highest BCUT2D eigenvalue weighted by atomic mass is 19.1. The first-order valence-electron chi connectivity index (χ1n) is 11.1. The molecule has 0 N–H and O–H groups in total. The van der Waals surface area contributed by atoms with E-state index >= 15 is 0 Å². The number of nitrogens with zero attached hydrogens (tertiary/aromatic N) is 8. The van der Waals surface area contributed by atoms with Crippen LogP contribution in [0.5, 0.6) is 0 Å². The van der Waals surface area contributed by atoms with Gasteiger partial charge in [0.05, 0.1) is 11.9 Å². The Bertz CT molecular complexity index is 1480. The maximum absolute atomic E-state index is 14.1. The molecule has 0 unspecified atom stereocenters. The number of hydrogen-bond acceptors (Lipinski definition) is 7. The Morgan fingerprint density at radius 1 is 0.971 bits per heavy atom. The summed E-state index contributed by atoms with van der Waals surface area (Å²) in [5.74, 6) is 0.0534. The molecule has 3 aromatic heterocycles. The summed E-state index contributed by atoms with van der Waals surface area (Å²) in [4.78, 5) is 26.0. The quantitative estimate of drug-likeness (QED) is 0.452. The molecule has 1 aliphatic heterocycles. The van der Waals surface area contributed by atoms with Gasteiger partial charge in [-0.3, -0.25) is 4.79 Å². The second kappa shape index (κ2) is 9.12. The van der Waals surface area contributed by atoms with Crippen LogP contribution in [0.15, 0.2) is 60.0 Å². The third-order valence-corrected chi connectivity index (χ3v) is 6.21. The van der Waals surface area contributed by atoms with Gasteiger partial charge in [0.1, 0.15) is 17.4 Å². The standard InChI is InChI=1S/C25H23FN8O/c1-31-6-8-33(9-7-31)25-28-12-17(13-29-25)19-10-24(35)32(2)16-21(19)18-14-30-34(15-18)23-5-3-4-22(26)20(23)11-27/h3-5,10,12-16H,6-9H2,1-2H3. The molecular formula is C25H23FN8O. The fraction of sp³-hybridized carbons (Fsp3) is 0.240. The number of piperazine rings is 1. The van der Waals surface area contributed by atoms with Gasteiger partial charge in [-0.15, -0.1) is 0 Å². The molecule has 5 rings (SSSR count). The molecule has 0 spiro atoms. The maximum atomic E-state index is 14.1. The third-order valence-electron chi connectivity index (χ3n) is 6.21. The van der Waals surface area contributed by atoms with E-state index in [1.165, 1.54) is 21.4 Å². The van der Waals surface area contributed by atoms with Crippen molar-refractivity contribution in [1.82, 2.24) is 29.2 Å². The Kier molecular flexibility index (Phi) is 5.84. The highest BCUT2D eigenvalue weighted by Crippen LogP contribution is 2.31. The summed E-state index contributed by atoms with van der Waals surface area (Å²) >= 11 is 0. The maximum Gasteiger partial charge on any atom is 0.250 e. The fourth-order valence-electron chi connectivity index (χ4n) is 4.14. The molecule has 0 radical (unpaired) electrons. The number of benzene rings is 1. The Labute approximate surface area is 201 Å². The van der Waals surface area contributed by atoms with E-state index in [9.17, 15) is 14.4 Å². The topological polar surface area (TPSA) is 95.9 Å². The monoisotopic (exact) mass is 470 g/mol. The van der Waals surface area contributed by atoms with E-state index < -0.39 is 5.82 Å². The van der Waals surface area contributed by atoms with Gasteiger partial charge in [0.15, 0.2) is 0 Å². The molecule has 1 aromatic carbocycles. The third kappa shape index (κ3) is 4.29. The number of hydrogen-bond donors (Lipinski definition) is 0. The zero-order valence-electron chi connectivity index (χ0n) is 19.4. The van der Waals surface area contributed by atoms with Crippen molar-refractivity contribution in [2.24, 2.45) is 7.05 Å². The van der Waals surface area contributed by atoms with Crippen molar-refractivity contribution in [1.29, 1.82) is 5.26 Å². The minimum Gasteiger partial charge on any atom is -0.338 e. The SMILES string of the molecule is CN1CCN(c2ncc(-c3cc(=O)n(C)cc3-c3cnn(-c4cccc(F)c4C#N)c3)cn2)CC1. The van der Waals surface area contributed by atoms with Gasteiger partial charge < -0.3 is 14.4 Å². The van der Waals surface area contributed by atoms with Crippen LogP contribution in [-0.4, -0.2) is 62.4 Å². The van der Waals surface area contributed by atoms with Crippen molar-refractivity contribution in [3.63, 3.8) is 0 Å². The molecule has 1 aliphatic rings. The Morgan fingerprint density at radius 2 is 1.71 bits per heavy atom. The van der Waals surface area contributed by atoms with Crippen molar-refractivity contribution in [3.05, 3.63) is 77.0 Å². The zero-order chi connectivity index (χ0) is 24.5. The summed E-state index contributed by atoms with van der Waals surface area (Å²) in [6, 6.07) is 7.84. The van der Waals surface area contributed by atoms with Crippen molar-refractivity contribution in [2.75, 3.05) is 38.1 Å². The van der Waals surface area contributed by atoms with Crippen LogP contribution in [0, 0.1) is 17.1 Å². The van der Waals surface area contributed by atoms with Gasteiger partial charge in [0.2, 0.25) is 5.95 Å². The van der Waals surface area contributed by atoms with Gasteiger partial charge in [-0.2, -0.15) is 10.4 Å². The van der Waals surface area contributed by atoms with E-state index in [0.29, 0.717) is 28.3 Å². The minimum absolute atomic E-state index is 0.0873. The Morgan fingerprint density at radius 3 is 2.43 bits per heavy atom. The molecule has 4 aromatic rings. The lowest BCUT2D eigenvalue weighted by atomic mass is 10.0. The summed E-state index contributed by atoms with van der Waals surface area (Å²) in [5.41, 5.74) is 2.89. The van der Waals surface area contributed by atoms with Crippen LogP contribution in [-0.2, 0) is 7.05 Å². The Balaban J connectivity index is 1.53. The molecule has 4 heterocycles. The molecule has 9 nitrogen and oxygen atoms in total. The van der Waals surface area contributed by atoms with Crippen molar-refractivity contribution < 1.29 is 4.39 Å². The van der Waals surface area contributed by atoms with Crippen molar-refractivity contribution in [2.45, 2.75) is 0 Å². The number of pyridine rings is 1. The lowest BCUT2D eigenvalue weighted by Gasteiger charge is -2.32. The number of aromatic nitrogens is 5. The van der Waals surface area contributed by atoms with Crippen LogP contribution in [0.3, 0.4) is 0 Å². The Hall–Kier alpha value is -4.36. The smallest absolute Gasteiger partial charge is 0.250 e. The second-order valence-electron chi connectivity index (χ2n) is 8.53. The number of halogens is 1. The first kappa shape index (κ1) is 22.4. The van der Waals surface area contributed by atoms with Crippen LogP contribution in [0.1, 0.15) is 5.56 Å². The van der Waals surface area contributed by atoms with Gasteiger partial charge in [-0.05, 0) is 24.7 Å². The molecule has 1 saturated heterocycles. The van der Waals surface area contributed by atoms with Crippen LogP contribution in [0.25, 0.3) is 27.9 Å². The second-order valence-corrected chi connectivity index (χ2v) is 8.53. The number of aryl methyl sites for hydroxylation is 1. The zero-order valence-corrected chi connectivity index (χ0v) is 19.4. The normalized spacial score (nSPS) is 14.2. The average molecular weight is 471 g/mol. The number of likely N-dealkylation sites (N-methyl/N-ethyl adjacent to an activating group) is 1. The van der Waals surface area contributed by atoms with Crippen LogP contribution in [0.4, 0.5) is 10.3 Å². The van der Waals surface area contributed by atoms with Crippen LogP contribution in [0.2, 0.25) is 0 Å². The van der Waals surface area contributed by atoms with E-state index in [4.69, 9.17) is 0 Å². The van der Waals surface area contributed by atoms with Gasteiger partial charge in [0, 0.05) is 80.8 Å². The van der Waals surface area contributed by atoms with E-state index in [1.807, 2.05) is 6.07 Å². The molecule has 0 saturated carbocycles. The largest absolute Gasteiger partial charge is 0.338 e. The lowest BCUT2D eigenvalue weighted by Crippen LogP contribution is -2.45. The molecule has 10 heteroatoms. The van der Waals surface area contributed by atoms with E-state index in [0.717, 1.165) is 31.7 Å². The summed E-state index contributed by atoms with van der Waals surface area (Å²) in [6.07, 6.45) is 8.50. The van der Waals surface area contributed by atoms with E-state index in [1.54, 1.807) is 50.2 Å². The van der Waals surface area contributed by atoms with Crippen molar-refractivity contribution >= 4 is 5.95 Å². The van der Waals surface area contributed by atoms with Gasteiger partial charge in [-0.1, -0.05) is 6.07 Å². The lowest BCUT2D eigenvalue weighted by molar-refractivity contribution is 0.311. The van der Waals surface area contributed by atoms with Gasteiger partial charge >= 0.3 is 0 Å². The predicted molar refractivity (Wildman–Crippen MR) is 130 cm³/mol. The summed E-state index contributed by atoms with van der Waals surface area (Å²) in [7, 11) is 3.77. The highest BCUT2D eigenvalue weighted by Gasteiger charge is 2.18. The minimum atomic E-state index is -0.609. The molecule has 35 heavy (non-hydrogen) atoms. The molecule has 1 fully saturated rings. The predicted octanol–water partition coefficient (Wildman–Crippen LogP) is 2.46. The first-order valence-corrected chi connectivity index (χ1v) is 11.1. The van der Waals surface area contributed by atoms with E-state index in [-0.39, 0.29) is 11.1 Å². The van der Waals surface area contributed by atoms with Crippen molar-refractivity contribution in [3.8, 4) is 34.0 Å². The summed E-state index contributed by atoms with van der Waals surface area (Å²) < 4.78 is 17.1. The molecule has 176 valence electrons. The van der Waals surface area contributed by atoms with Crippen LogP contribution < -0.4 is 10.5 Å². The number of rotatable bonds is 4. The number of anilines is 1.